The molecular formula is C9H14N2O. The molecule has 1 aliphatic carbocycles. The number of hydrogen-bond donors (Lipinski definition) is 0. The van der Waals surface area contributed by atoms with Gasteiger partial charge in [-0.15, -0.1) is 0 Å². The van der Waals surface area contributed by atoms with E-state index in [1.807, 2.05) is 0 Å². The fraction of sp³-hybridized carbons (Fsp3) is 0.778. The number of rotatable bonds is 1. The second-order valence-electron chi connectivity index (χ2n) is 3.48. The molecule has 1 heterocycles. The van der Waals surface area contributed by atoms with E-state index in [1.165, 1.54) is 44.9 Å². The van der Waals surface area contributed by atoms with Gasteiger partial charge in [-0.1, -0.05) is 30.8 Å². The molecule has 0 atom stereocenters. The van der Waals surface area contributed by atoms with Gasteiger partial charge in [-0.25, -0.2) is 0 Å². The third-order valence-electron chi connectivity index (χ3n) is 2.60. The molecule has 1 aromatic heterocycles. The third kappa shape index (κ3) is 1.65. The molecule has 2 rings (SSSR count). The predicted octanol–water partition coefficient (Wildman–Crippen LogP) is 2.51. The summed E-state index contributed by atoms with van der Waals surface area (Å²) < 4.78 is 4.75. The van der Waals surface area contributed by atoms with Crippen LogP contribution < -0.4 is 0 Å². The molecule has 1 fully saturated rings. The van der Waals surface area contributed by atoms with Crippen molar-refractivity contribution in [3.05, 3.63) is 12.2 Å². The lowest BCUT2D eigenvalue weighted by Crippen LogP contribution is -1.98. The van der Waals surface area contributed by atoms with Gasteiger partial charge in [-0.2, -0.15) is 4.98 Å². The zero-order valence-electron chi connectivity index (χ0n) is 7.20. The Morgan fingerprint density at radius 2 is 1.92 bits per heavy atom. The van der Waals surface area contributed by atoms with Crippen LogP contribution in [0.3, 0.4) is 0 Å². The quantitative estimate of drug-likeness (QED) is 0.602. The Labute approximate surface area is 72.2 Å². The van der Waals surface area contributed by atoms with Crippen LogP contribution in [0.1, 0.15) is 50.3 Å². The van der Waals surface area contributed by atoms with Crippen molar-refractivity contribution in [3.63, 3.8) is 0 Å². The molecule has 12 heavy (non-hydrogen) atoms. The van der Waals surface area contributed by atoms with Crippen LogP contribution in [-0.4, -0.2) is 10.1 Å². The van der Waals surface area contributed by atoms with Crippen molar-refractivity contribution in [1.82, 2.24) is 10.1 Å². The van der Waals surface area contributed by atoms with Gasteiger partial charge in [0.1, 0.15) is 0 Å². The molecular weight excluding hydrogens is 152 g/mol. The molecule has 1 aliphatic rings. The Bertz CT molecular complexity index is 212. The van der Waals surface area contributed by atoms with Gasteiger partial charge in [0.25, 0.3) is 0 Å². The lowest BCUT2D eigenvalue weighted by molar-refractivity contribution is 0.399. The summed E-state index contributed by atoms with van der Waals surface area (Å²) >= 11 is 0. The Hall–Kier alpha value is -0.860. The van der Waals surface area contributed by atoms with E-state index in [0.29, 0.717) is 5.92 Å². The topological polar surface area (TPSA) is 38.9 Å². The van der Waals surface area contributed by atoms with Crippen molar-refractivity contribution in [2.24, 2.45) is 0 Å². The first kappa shape index (κ1) is 7.77. The second kappa shape index (κ2) is 3.70. The van der Waals surface area contributed by atoms with Crippen molar-refractivity contribution < 1.29 is 4.52 Å². The molecule has 0 N–H and O–H groups in total. The summed E-state index contributed by atoms with van der Waals surface area (Å²) in [6.07, 6.45) is 9.28. The summed E-state index contributed by atoms with van der Waals surface area (Å²) in [4.78, 5) is 4.10. The van der Waals surface area contributed by atoms with Crippen molar-refractivity contribution >= 4 is 0 Å². The van der Waals surface area contributed by atoms with E-state index in [4.69, 9.17) is 4.52 Å². The lowest BCUT2D eigenvalue weighted by Gasteiger charge is -2.06. The largest absolute Gasteiger partial charge is 0.343 e. The van der Waals surface area contributed by atoms with E-state index < -0.39 is 0 Å². The van der Waals surface area contributed by atoms with Crippen LogP contribution in [0.2, 0.25) is 0 Å². The molecule has 0 aliphatic heterocycles. The van der Waals surface area contributed by atoms with E-state index in [2.05, 4.69) is 10.1 Å². The number of nitrogens with zero attached hydrogens (tertiary/aromatic N) is 2. The maximum absolute atomic E-state index is 4.75. The monoisotopic (exact) mass is 166 g/mol. The molecule has 66 valence electrons. The van der Waals surface area contributed by atoms with Gasteiger partial charge < -0.3 is 4.52 Å². The van der Waals surface area contributed by atoms with Gasteiger partial charge in [-0.05, 0) is 12.8 Å². The summed E-state index contributed by atoms with van der Waals surface area (Å²) in [7, 11) is 0. The molecule has 0 bridgehead atoms. The van der Waals surface area contributed by atoms with Crippen LogP contribution in [0, 0.1) is 0 Å². The van der Waals surface area contributed by atoms with Crippen LogP contribution in [0.25, 0.3) is 0 Å². The van der Waals surface area contributed by atoms with Crippen molar-refractivity contribution in [2.75, 3.05) is 0 Å². The van der Waals surface area contributed by atoms with Crippen molar-refractivity contribution in [3.8, 4) is 0 Å². The molecule has 0 aromatic carbocycles. The van der Waals surface area contributed by atoms with Crippen LogP contribution in [0.15, 0.2) is 10.9 Å². The number of hydrogen-bond acceptors (Lipinski definition) is 3. The highest BCUT2D eigenvalue weighted by molar-refractivity contribution is 4.92. The fourth-order valence-corrected chi connectivity index (χ4v) is 1.90. The maximum Gasteiger partial charge on any atom is 0.213 e. The maximum atomic E-state index is 4.75. The Balaban J connectivity index is 2.02. The Morgan fingerprint density at radius 1 is 1.17 bits per heavy atom. The van der Waals surface area contributed by atoms with Gasteiger partial charge >= 0.3 is 0 Å². The zero-order chi connectivity index (χ0) is 8.23. The summed E-state index contributed by atoms with van der Waals surface area (Å²) in [5.41, 5.74) is 0. The van der Waals surface area contributed by atoms with E-state index in [0.717, 1.165) is 5.82 Å². The number of aromatic nitrogens is 2. The normalized spacial score (nSPS) is 20.7. The first-order valence-electron chi connectivity index (χ1n) is 4.73. The summed E-state index contributed by atoms with van der Waals surface area (Å²) in [6, 6.07) is 0. The smallest absolute Gasteiger partial charge is 0.213 e. The SMILES string of the molecule is c1nc(C2CCCCCC2)no1. The van der Waals surface area contributed by atoms with E-state index >= 15 is 0 Å². The second-order valence-corrected chi connectivity index (χ2v) is 3.48. The van der Waals surface area contributed by atoms with Gasteiger partial charge in [0.05, 0.1) is 0 Å². The standard InChI is InChI=1S/C9H14N2O/c1-2-4-6-8(5-3-1)9-10-7-12-11-9/h7-8H,1-6H2. The molecule has 0 spiro atoms. The Kier molecular flexibility index (Phi) is 2.39. The highest BCUT2D eigenvalue weighted by Gasteiger charge is 2.17. The van der Waals surface area contributed by atoms with Gasteiger partial charge in [0.15, 0.2) is 5.82 Å². The van der Waals surface area contributed by atoms with Crippen LogP contribution in [0.5, 0.6) is 0 Å². The highest BCUT2D eigenvalue weighted by atomic mass is 16.5. The van der Waals surface area contributed by atoms with E-state index in [-0.39, 0.29) is 0 Å². The van der Waals surface area contributed by atoms with Crippen molar-refractivity contribution in [2.45, 2.75) is 44.4 Å². The molecule has 1 saturated carbocycles. The molecule has 3 nitrogen and oxygen atoms in total. The van der Waals surface area contributed by atoms with Gasteiger partial charge in [0.2, 0.25) is 6.39 Å². The van der Waals surface area contributed by atoms with Gasteiger partial charge in [-0.3, -0.25) is 0 Å². The van der Waals surface area contributed by atoms with E-state index in [1.54, 1.807) is 0 Å². The molecule has 1 aromatic rings. The average Bonchev–Trinajstić information content (AvgIpc) is 2.48. The highest BCUT2D eigenvalue weighted by Crippen LogP contribution is 2.29. The van der Waals surface area contributed by atoms with Crippen LogP contribution in [-0.2, 0) is 0 Å². The minimum absolute atomic E-state index is 0.561. The summed E-state index contributed by atoms with van der Waals surface area (Å²) in [6.45, 7) is 0. The van der Waals surface area contributed by atoms with Crippen molar-refractivity contribution in [1.29, 1.82) is 0 Å². The average molecular weight is 166 g/mol. The Morgan fingerprint density at radius 3 is 2.50 bits per heavy atom. The van der Waals surface area contributed by atoms with Crippen LogP contribution in [0.4, 0.5) is 0 Å². The molecule has 0 unspecified atom stereocenters. The fourth-order valence-electron chi connectivity index (χ4n) is 1.90. The first-order chi connectivity index (χ1) is 5.97. The minimum atomic E-state index is 0.561. The van der Waals surface area contributed by atoms with Gasteiger partial charge in [0, 0.05) is 5.92 Å². The summed E-state index contributed by atoms with van der Waals surface area (Å²) in [5, 5.41) is 3.90. The molecule has 0 saturated heterocycles. The first-order valence-corrected chi connectivity index (χ1v) is 4.73. The van der Waals surface area contributed by atoms with E-state index in [9.17, 15) is 0 Å². The zero-order valence-corrected chi connectivity index (χ0v) is 7.20. The minimum Gasteiger partial charge on any atom is -0.343 e. The predicted molar refractivity (Wildman–Crippen MR) is 44.7 cm³/mol. The lowest BCUT2D eigenvalue weighted by atomic mass is 10.00. The third-order valence-corrected chi connectivity index (χ3v) is 2.60. The summed E-state index contributed by atoms with van der Waals surface area (Å²) in [5.74, 6) is 1.48. The molecule has 3 heteroatoms. The molecule has 0 radical (unpaired) electrons. The van der Waals surface area contributed by atoms with Crippen LogP contribution >= 0.6 is 0 Å². The molecule has 0 amide bonds.